The van der Waals surface area contributed by atoms with Crippen LogP contribution in [0, 0.1) is 6.92 Å². The number of aryl methyl sites for hydroxylation is 1. The Hall–Kier alpha value is -2.15. The standard InChI is InChI=1S/C19H25NO5S/c1-3-11-20(17-10-12-26(23,24)14-17)18(21)13-25-19(22)9-8-16-7-5-4-6-15(16)2/h4-9,17H,3,10-14H2,1-2H3/b9-8+/t17-/m1/s1. The zero-order valence-corrected chi connectivity index (χ0v) is 16.0. The van der Waals surface area contributed by atoms with Crippen molar-refractivity contribution >= 4 is 27.8 Å². The maximum Gasteiger partial charge on any atom is 0.331 e. The summed E-state index contributed by atoms with van der Waals surface area (Å²) in [6.07, 6.45) is 4.09. The van der Waals surface area contributed by atoms with E-state index in [1.54, 1.807) is 6.08 Å². The lowest BCUT2D eigenvalue weighted by atomic mass is 10.1. The quantitative estimate of drug-likeness (QED) is 0.534. The van der Waals surface area contributed by atoms with Crippen molar-refractivity contribution in [1.82, 2.24) is 4.90 Å². The van der Waals surface area contributed by atoms with Crippen LogP contribution in [0.15, 0.2) is 30.3 Å². The second-order valence-electron chi connectivity index (χ2n) is 6.44. The van der Waals surface area contributed by atoms with E-state index in [0.717, 1.165) is 11.1 Å². The van der Waals surface area contributed by atoms with Gasteiger partial charge in [0.2, 0.25) is 0 Å². The molecule has 1 aromatic carbocycles. The van der Waals surface area contributed by atoms with E-state index in [-0.39, 0.29) is 30.1 Å². The molecular formula is C19H25NO5S. The minimum atomic E-state index is -3.08. The zero-order valence-electron chi connectivity index (χ0n) is 15.2. The summed E-state index contributed by atoms with van der Waals surface area (Å²) in [7, 11) is -3.08. The second-order valence-corrected chi connectivity index (χ2v) is 8.67. The molecule has 1 aromatic rings. The Morgan fingerprint density at radius 3 is 2.65 bits per heavy atom. The fourth-order valence-corrected chi connectivity index (χ4v) is 4.70. The smallest absolute Gasteiger partial charge is 0.331 e. The number of hydrogen-bond acceptors (Lipinski definition) is 5. The molecule has 1 fully saturated rings. The van der Waals surface area contributed by atoms with E-state index in [0.29, 0.717) is 19.4 Å². The fraction of sp³-hybridized carbons (Fsp3) is 0.474. The molecule has 1 aliphatic rings. The number of hydrogen-bond donors (Lipinski definition) is 0. The van der Waals surface area contributed by atoms with Crippen LogP contribution in [0.5, 0.6) is 0 Å². The van der Waals surface area contributed by atoms with Crippen LogP contribution < -0.4 is 0 Å². The summed E-state index contributed by atoms with van der Waals surface area (Å²) in [6, 6.07) is 7.28. The predicted molar refractivity (Wildman–Crippen MR) is 100 cm³/mol. The number of rotatable bonds is 7. The Kier molecular flexibility index (Phi) is 6.97. The molecule has 0 spiro atoms. The van der Waals surface area contributed by atoms with E-state index >= 15 is 0 Å². The first-order valence-corrected chi connectivity index (χ1v) is 10.5. The van der Waals surface area contributed by atoms with Crippen molar-refractivity contribution in [2.45, 2.75) is 32.7 Å². The summed E-state index contributed by atoms with van der Waals surface area (Å²) in [5.74, 6) is -0.868. The van der Waals surface area contributed by atoms with Crippen LogP contribution in [-0.2, 0) is 24.2 Å². The van der Waals surface area contributed by atoms with Gasteiger partial charge in [-0.15, -0.1) is 0 Å². The average Bonchev–Trinajstić information content (AvgIpc) is 2.96. The van der Waals surface area contributed by atoms with Gasteiger partial charge >= 0.3 is 5.97 Å². The lowest BCUT2D eigenvalue weighted by Crippen LogP contribution is -2.43. The monoisotopic (exact) mass is 379 g/mol. The second kappa shape index (κ2) is 8.98. The van der Waals surface area contributed by atoms with E-state index in [9.17, 15) is 18.0 Å². The third-order valence-electron chi connectivity index (χ3n) is 4.36. The van der Waals surface area contributed by atoms with Crippen LogP contribution in [0.25, 0.3) is 6.08 Å². The first kappa shape index (κ1) is 20.2. The largest absolute Gasteiger partial charge is 0.452 e. The minimum Gasteiger partial charge on any atom is -0.452 e. The molecule has 0 radical (unpaired) electrons. The number of esters is 1. The molecule has 1 saturated heterocycles. The highest BCUT2D eigenvalue weighted by Gasteiger charge is 2.34. The van der Waals surface area contributed by atoms with Crippen LogP contribution in [0.3, 0.4) is 0 Å². The first-order chi connectivity index (χ1) is 12.3. The first-order valence-electron chi connectivity index (χ1n) is 8.72. The van der Waals surface area contributed by atoms with Gasteiger partial charge in [-0.2, -0.15) is 0 Å². The Balaban J connectivity index is 1.91. The topological polar surface area (TPSA) is 80.8 Å². The van der Waals surface area contributed by atoms with Crippen LogP contribution in [-0.4, -0.2) is 55.9 Å². The lowest BCUT2D eigenvalue weighted by Gasteiger charge is -2.27. The summed E-state index contributed by atoms with van der Waals surface area (Å²) < 4.78 is 28.3. The number of sulfone groups is 1. The molecule has 26 heavy (non-hydrogen) atoms. The maximum atomic E-state index is 12.4. The lowest BCUT2D eigenvalue weighted by molar-refractivity contribution is -0.149. The molecule has 142 valence electrons. The molecule has 1 amide bonds. The third kappa shape index (κ3) is 5.69. The van der Waals surface area contributed by atoms with Crippen molar-refractivity contribution in [1.29, 1.82) is 0 Å². The van der Waals surface area contributed by atoms with Crippen LogP contribution in [0.4, 0.5) is 0 Å². The number of benzene rings is 1. The van der Waals surface area contributed by atoms with Crippen molar-refractivity contribution < 1.29 is 22.7 Å². The molecule has 0 N–H and O–H groups in total. The average molecular weight is 379 g/mol. The maximum absolute atomic E-state index is 12.4. The van der Waals surface area contributed by atoms with Gasteiger partial charge in [0.05, 0.1) is 11.5 Å². The summed E-state index contributed by atoms with van der Waals surface area (Å²) in [5.41, 5.74) is 1.93. The third-order valence-corrected chi connectivity index (χ3v) is 6.11. The molecule has 1 aliphatic heterocycles. The SMILES string of the molecule is CCCN(C(=O)COC(=O)/C=C/c1ccccc1C)[C@@H]1CCS(=O)(=O)C1. The molecule has 1 heterocycles. The van der Waals surface area contributed by atoms with Crippen molar-refractivity contribution in [3.8, 4) is 0 Å². The number of carbonyl (C=O) groups excluding carboxylic acids is 2. The van der Waals surface area contributed by atoms with E-state index in [1.165, 1.54) is 11.0 Å². The molecule has 7 heteroatoms. The highest BCUT2D eigenvalue weighted by atomic mass is 32.2. The summed E-state index contributed by atoms with van der Waals surface area (Å²) >= 11 is 0. The Morgan fingerprint density at radius 2 is 2.04 bits per heavy atom. The molecule has 0 unspecified atom stereocenters. The molecule has 1 atom stereocenters. The highest BCUT2D eigenvalue weighted by molar-refractivity contribution is 7.91. The van der Waals surface area contributed by atoms with E-state index in [4.69, 9.17) is 4.74 Å². The minimum absolute atomic E-state index is 0.0140. The van der Waals surface area contributed by atoms with E-state index in [2.05, 4.69) is 0 Å². The van der Waals surface area contributed by atoms with Gasteiger partial charge < -0.3 is 9.64 Å². The Labute approximate surface area is 154 Å². The normalized spacial score (nSPS) is 18.8. The summed E-state index contributed by atoms with van der Waals surface area (Å²) in [6.45, 7) is 3.93. The number of ether oxygens (including phenoxy) is 1. The van der Waals surface area contributed by atoms with Crippen molar-refractivity contribution in [3.63, 3.8) is 0 Å². The molecular weight excluding hydrogens is 354 g/mol. The van der Waals surface area contributed by atoms with E-state index in [1.807, 2.05) is 38.1 Å². The van der Waals surface area contributed by atoms with Gasteiger partial charge in [-0.1, -0.05) is 31.2 Å². The van der Waals surface area contributed by atoms with Crippen LogP contribution in [0.1, 0.15) is 30.9 Å². The fourth-order valence-electron chi connectivity index (χ4n) is 2.97. The van der Waals surface area contributed by atoms with Gasteiger partial charge in [-0.3, -0.25) is 4.79 Å². The highest BCUT2D eigenvalue weighted by Crippen LogP contribution is 2.18. The number of carbonyl (C=O) groups is 2. The zero-order chi connectivity index (χ0) is 19.2. The molecule has 2 rings (SSSR count). The molecule has 0 aliphatic carbocycles. The molecule has 0 bridgehead atoms. The van der Waals surface area contributed by atoms with Crippen molar-refractivity contribution in [3.05, 3.63) is 41.5 Å². The Bertz CT molecular complexity index is 785. The number of nitrogens with zero attached hydrogens (tertiary/aromatic N) is 1. The predicted octanol–water partition coefficient (Wildman–Crippen LogP) is 1.98. The summed E-state index contributed by atoms with van der Waals surface area (Å²) in [5, 5.41) is 0. The van der Waals surface area contributed by atoms with Crippen LogP contribution in [0.2, 0.25) is 0 Å². The number of amides is 1. The van der Waals surface area contributed by atoms with Gasteiger partial charge in [0.1, 0.15) is 0 Å². The molecule has 0 saturated carbocycles. The van der Waals surface area contributed by atoms with Gasteiger partial charge in [-0.25, -0.2) is 13.2 Å². The van der Waals surface area contributed by atoms with Gasteiger partial charge in [0.25, 0.3) is 5.91 Å². The van der Waals surface area contributed by atoms with E-state index < -0.39 is 15.8 Å². The van der Waals surface area contributed by atoms with Gasteiger partial charge in [0, 0.05) is 18.7 Å². The Morgan fingerprint density at radius 1 is 1.31 bits per heavy atom. The van der Waals surface area contributed by atoms with Gasteiger partial charge in [-0.05, 0) is 37.0 Å². The van der Waals surface area contributed by atoms with Crippen molar-refractivity contribution in [2.24, 2.45) is 0 Å². The van der Waals surface area contributed by atoms with Gasteiger partial charge in [0.15, 0.2) is 16.4 Å². The van der Waals surface area contributed by atoms with Crippen molar-refractivity contribution in [2.75, 3.05) is 24.7 Å². The summed E-state index contributed by atoms with van der Waals surface area (Å²) in [4.78, 5) is 25.8. The molecule has 0 aromatic heterocycles. The molecule has 6 nitrogen and oxygen atoms in total. The van der Waals surface area contributed by atoms with Crippen LogP contribution >= 0.6 is 0 Å².